The lowest BCUT2D eigenvalue weighted by molar-refractivity contribution is 0.301. The van der Waals surface area contributed by atoms with Crippen molar-refractivity contribution in [2.75, 3.05) is 5.73 Å². The molecule has 3 atom stereocenters. The standard InChI is InChI=1S/C24H29N/c1-12-9-19-11-20-10-18-7-8-21(25)15(4)23(18)17(6)24(20)16(5)22(19)14(3)13(12)2/h7-8,19-20,22H,3,6,9-11,25H2,1-2,4-5H3. The van der Waals surface area contributed by atoms with Crippen LogP contribution in [0.1, 0.15) is 50.3 Å². The highest BCUT2D eigenvalue weighted by molar-refractivity contribution is 5.86. The van der Waals surface area contributed by atoms with Crippen molar-refractivity contribution in [3.8, 4) is 0 Å². The van der Waals surface area contributed by atoms with Gasteiger partial charge in [-0.25, -0.2) is 0 Å². The van der Waals surface area contributed by atoms with Crippen LogP contribution in [0.15, 0.2) is 53.2 Å². The molecule has 0 aromatic heterocycles. The van der Waals surface area contributed by atoms with E-state index >= 15 is 0 Å². The molecule has 0 saturated carbocycles. The number of hydrogen-bond acceptors (Lipinski definition) is 1. The molecule has 1 aromatic carbocycles. The number of nitrogen functional groups attached to an aromatic ring is 1. The Morgan fingerprint density at radius 2 is 1.76 bits per heavy atom. The van der Waals surface area contributed by atoms with Crippen LogP contribution in [-0.4, -0.2) is 0 Å². The van der Waals surface area contributed by atoms with E-state index in [-0.39, 0.29) is 0 Å². The predicted molar refractivity (Wildman–Crippen MR) is 108 cm³/mol. The summed E-state index contributed by atoms with van der Waals surface area (Å²) in [5.41, 5.74) is 19.5. The Bertz CT molecular complexity index is 878. The Labute approximate surface area is 152 Å². The van der Waals surface area contributed by atoms with Gasteiger partial charge in [0.05, 0.1) is 0 Å². The summed E-state index contributed by atoms with van der Waals surface area (Å²) in [6.45, 7) is 18.0. The van der Waals surface area contributed by atoms with Gasteiger partial charge in [-0.2, -0.15) is 0 Å². The summed E-state index contributed by atoms with van der Waals surface area (Å²) in [5.74, 6) is 1.80. The van der Waals surface area contributed by atoms with Crippen molar-refractivity contribution >= 4 is 11.3 Å². The van der Waals surface area contributed by atoms with E-state index in [0.29, 0.717) is 17.8 Å². The van der Waals surface area contributed by atoms with Gasteiger partial charge in [-0.05, 0) is 104 Å². The van der Waals surface area contributed by atoms with E-state index in [4.69, 9.17) is 5.73 Å². The third-order valence-corrected chi connectivity index (χ3v) is 7.11. The monoisotopic (exact) mass is 331 g/mol. The highest BCUT2D eigenvalue weighted by Crippen LogP contribution is 2.54. The van der Waals surface area contributed by atoms with Crippen molar-refractivity contribution < 1.29 is 0 Å². The van der Waals surface area contributed by atoms with E-state index in [2.05, 4.69) is 53.0 Å². The molecule has 3 unspecified atom stereocenters. The number of fused-ring (bicyclic) bond motifs is 3. The Hall–Kier alpha value is -2.02. The van der Waals surface area contributed by atoms with Crippen molar-refractivity contribution in [2.45, 2.75) is 47.0 Å². The zero-order chi connectivity index (χ0) is 18.0. The number of anilines is 1. The van der Waals surface area contributed by atoms with Gasteiger partial charge in [0, 0.05) is 11.6 Å². The molecule has 130 valence electrons. The van der Waals surface area contributed by atoms with Crippen LogP contribution in [0.2, 0.25) is 0 Å². The van der Waals surface area contributed by atoms with E-state index in [0.717, 1.165) is 12.1 Å². The molecule has 1 nitrogen and oxygen atoms in total. The second-order valence-corrected chi connectivity index (χ2v) is 8.40. The summed E-state index contributed by atoms with van der Waals surface area (Å²) in [4.78, 5) is 0. The van der Waals surface area contributed by atoms with Crippen LogP contribution >= 0.6 is 0 Å². The van der Waals surface area contributed by atoms with Crippen LogP contribution in [0.4, 0.5) is 5.69 Å². The Kier molecular flexibility index (Phi) is 3.61. The summed E-state index contributed by atoms with van der Waals surface area (Å²) in [7, 11) is 0. The maximum atomic E-state index is 6.19. The topological polar surface area (TPSA) is 26.0 Å². The van der Waals surface area contributed by atoms with Crippen molar-refractivity contribution in [1.82, 2.24) is 0 Å². The molecular formula is C24H29N. The lowest BCUT2D eigenvalue weighted by Crippen LogP contribution is -2.34. The first kappa shape index (κ1) is 16.4. The molecule has 0 amide bonds. The van der Waals surface area contributed by atoms with Crippen molar-refractivity contribution in [1.29, 1.82) is 0 Å². The molecule has 0 heterocycles. The Morgan fingerprint density at radius 1 is 1.04 bits per heavy atom. The largest absolute Gasteiger partial charge is 0.398 e. The zero-order valence-corrected chi connectivity index (χ0v) is 16.0. The van der Waals surface area contributed by atoms with Crippen molar-refractivity contribution in [3.05, 3.63) is 69.8 Å². The summed E-state index contributed by atoms with van der Waals surface area (Å²) in [6, 6.07) is 4.28. The maximum absolute atomic E-state index is 6.19. The molecule has 0 aliphatic heterocycles. The minimum Gasteiger partial charge on any atom is -0.398 e. The first-order chi connectivity index (χ1) is 11.8. The average molecular weight is 332 g/mol. The van der Waals surface area contributed by atoms with Crippen LogP contribution in [0.25, 0.3) is 5.57 Å². The van der Waals surface area contributed by atoms with E-state index in [1.165, 1.54) is 63.0 Å². The smallest absolute Gasteiger partial charge is 0.0350 e. The summed E-state index contributed by atoms with van der Waals surface area (Å²) < 4.78 is 0. The molecule has 3 aliphatic rings. The highest BCUT2D eigenvalue weighted by atomic mass is 14.6. The average Bonchev–Trinajstić information content (AvgIpc) is 2.55. The summed E-state index contributed by atoms with van der Waals surface area (Å²) in [5, 5.41) is 0. The molecular weight excluding hydrogens is 302 g/mol. The Balaban J connectivity index is 1.87. The molecule has 1 aromatic rings. The quantitative estimate of drug-likeness (QED) is 0.579. The highest BCUT2D eigenvalue weighted by Gasteiger charge is 2.42. The second kappa shape index (κ2) is 5.49. The second-order valence-electron chi connectivity index (χ2n) is 8.40. The third kappa shape index (κ3) is 2.21. The van der Waals surface area contributed by atoms with E-state index < -0.39 is 0 Å². The lowest BCUT2D eigenvalue weighted by atomic mass is 9.58. The van der Waals surface area contributed by atoms with Gasteiger partial charge in [0.2, 0.25) is 0 Å². The predicted octanol–water partition coefficient (Wildman–Crippen LogP) is 6.01. The maximum Gasteiger partial charge on any atom is 0.0350 e. The van der Waals surface area contributed by atoms with Crippen molar-refractivity contribution in [3.63, 3.8) is 0 Å². The van der Waals surface area contributed by atoms with E-state index in [1.807, 2.05) is 0 Å². The summed E-state index contributed by atoms with van der Waals surface area (Å²) >= 11 is 0. The van der Waals surface area contributed by atoms with Gasteiger partial charge < -0.3 is 5.73 Å². The third-order valence-electron chi connectivity index (χ3n) is 7.11. The molecule has 0 saturated heterocycles. The first-order valence-electron chi connectivity index (χ1n) is 9.45. The number of hydrogen-bond donors (Lipinski definition) is 1. The van der Waals surface area contributed by atoms with Gasteiger partial charge in [0.1, 0.15) is 0 Å². The molecule has 25 heavy (non-hydrogen) atoms. The molecule has 0 radical (unpaired) electrons. The molecule has 0 fully saturated rings. The number of benzene rings is 1. The van der Waals surface area contributed by atoms with Gasteiger partial charge in [0.15, 0.2) is 0 Å². The number of rotatable bonds is 0. The minimum atomic E-state index is 0.495. The number of nitrogens with two attached hydrogens (primary N) is 1. The molecule has 0 bridgehead atoms. The van der Waals surface area contributed by atoms with Gasteiger partial charge in [0.25, 0.3) is 0 Å². The van der Waals surface area contributed by atoms with Crippen LogP contribution in [0.3, 0.4) is 0 Å². The van der Waals surface area contributed by atoms with Gasteiger partial charge in [-0.15, -0.1) is 0 Å². The fraction of sp³-hybridized carbons (Fsp3) is 0.417. The Morgan fingerprint density at radius 3 is 2.48 bits per heavy atom. The molecule has 4 rings (SSSR count). The summed E-state index contributed by atoms with van der Waals surface area (Å²) in [6.07, 6.45) is 3.60. The number of allylic oxidation sites excluding steroid dienone is 6. The lowest BCUT2D eigenvalue weighted by Gasteiger charge is -2.46. The van der Waals surface area contributed by atoms with Gasteiger partial charge in [-0.1, -0.05) is 30.4 Å². The molecule has 2 N–H and O–H groups in total. The van der Waals surface area contributed by atoms with Crippen LogP contribution in [-0.2, 0) is 6.42 Å². The minimum absolute atomic E-state index is 0.495. The van der Waals surface area contributed by atoms with Gasteiger partial charge >= 0.3 is 0 Å². The zero-order valence-electron chi connectivity index (χ0n) is 16.0. The molecule has 1 heteroatoms. The van der Waals surface area contributed by atoms with E-state index in [9.17, 15) is 0 Å². The normalized spacial score (nSPS) is 28.7. The van der Waals surface area contributed by atoms with Crippen LogP contribution < -0.4 is 5.73 Å². The van der Waals surface area contributed by atoms with E-state index in [1.54, 1.807) is 0 Å². The molecule has 0 spiro atoms. The fourth-order valence-electron chi connectivity index (χ4n) is 5.71. The van der Waals surface area contributed by atoms with Crippen molar-refractivity contribution in [2.24, 2.45) is 17.8 Å². The SMILES string of the molecule is C=C1C2=C(C)C3C(=C)C(C)=C(C)CC3CC2Cc2ccc(N)c(C)c21. The van der Waals surface area contributed by atoms with Crippen LogP contribution in [0, 0.1) is 24.7 Å². The first-order valence-corrected chi connectivity index (χ1v) is 9.45. The fourth-order valence-corrected chi connectivity index (χ4v) is 5.71. The molecule has 3 aliphatic carbocycles. The van der Waals surface area contributed by atoms with Crippen LogP contribution in [0.5, 0.6) is 0 Å². The van der Waals surface area contributed by atoms with Gasteiger partial charge in [-0.3, -0.25) is 0 Å².